The van der Waals surface area contributed by atoms with Gasteiger partial charge >= 0.3 is 34.9 Å². The van der Waals surface area contributed by atoms with Crippen LogP contribution in [0.4, 0.5) is 48.3 Å². The van der Waals surface area contributed by atoms with Crippen molar-refractivity contribution in [3.8, 4) is 57.2 Å². The summed E-state index contributed by atoms with van der Waals surface area (Å²) in [4.78, 5) is 106. The van der Waals surface area contributed by atoms with E-state index in [0.717, 1.165) is 53.9 Å². The molecule has 4 N–H and O–H groups in total. The SMILES string of the molecule is COc1ccc2c3oc(=O)c(Sc4ccc(F)cc4)c(O)c3c(=O)n(Cc3ccccc3F)c2c1.COc1ccc2c3oc(=O)c(Sc4cccc(C(F)(F)F)c4)c(O)c3c(=O)n(Cc3ccccc3F)c2c1.COc1ccc2c3oc(=O)c(Sc4cccc(F)c4)c(O)c3c(=O)n(Cc3cccc(F)c3)c2c1.Cc1c(-c2ccccc2)n(-c2ccccc2)c(=O)c2c(O)c(Sc3cccc(C(F)(F)F)c3)c(=O)oc12. The second-order valence-corrected chi connectivity index (χ2v) is 36.2. The Kier molecular flexibility index (Phi) is 28.5. The first-order valence-electron chi connectivity index (χ1n) is 43.0. The second kappa shape index (κ2) is 41.5. The Morgan fingerprint density at radius 3 is 1.06 bits per heavy atom. The van der Waals surface area contributed by atoms with Crippen molar-refractivity contribution in [1.82, 2.24) is 18.3 Å². The summed E-state index contributed by atoms with van der Waals surface area (Å²) in [6.07, 6.45) is -9.20. The Labute approximate surface area is 824 Å². The Balaban J connectivity index is 0.000000132. The molecule has 0 aliphatic rings. The number of alkyl halides is 6. The van der Waals surface area contributed by atoms with E-state index < -0.39 is 125 Å². The maximum atomic E-state index is 14.5. The molecule has 12 aromatic carbocycles. The van der Waals surface area contributed by atoms with Crippen LogP contribution in [0, 0.1) is 36.0 Å². The molecule has 0 fully saturated rings. The number of aryl methyl sites for hydroxylation is 1. The number of rotatable bonds is 19. The Morgan fingerprint density at radius 1 is 0.324 bits per heavy atom. The van der Waals surface area contributed by atoms with E-state index in [1.165, 1.54) is 155 Å². The Hall–Kier alpha value is -16.7. The van der Waals surface area contributed by atoms with E-state index in [0.29, 0.717) is 100 Å². The number of aromatic nitrogens is 4. The molecule has 38 heteroatoms. The van der Waals surface area contributed by atoms with Gasteiger partial charge in [-0.1, -0.05) is 162 Å². The minimum Gasteiger partial charge on any atom is -0.505 e. The molecular formula is C107H69F11N4O19S4. The molecule has 20 rings (SSSR count). The third-order valence-electron chi connectivity index (χ3n) is 22.8. The van der Waals surface area contributed by atoms with Gasteiger partial charge in [0.15, 0.2) is 45.3 Å². The third kappa shape index (κ3) is 20.5. The van der Waals surface area contributed by atoms with E-state index in [1.54, 1.807) is 128 Å². The first-order chi connectivity index (χ1) is 69.5. The number of halogens is 11. The zero-order valence-corrected chi connectivity index (χ0v) is 78.5. The molecule has 0 atom stereocenters. The van der Waals surface area contributed by atoms with Gasteiger partial charge in [-0.15, -0.1) is 0 Å². The number of fused-ring (bicyclic) bond motifs is 10. The van der Waals surface area contributed by atoms with Crippen molar-refractivity contribution in [1.29, 1.82) is 0 Å². The minimum atomic E-state index is -4.62. The van der Waals surface area contributed by atoms with Gasteiger partial charge < -0.3 is 66.0 Å². The van der Waals surface area contributed by atoms with Crippen LogP contribution in [0.2, 0.25) is 0 Å². The molecule has 8 heterocycles. The minimum absolute atomic E-state index is 0.000942. The summed E-state index contributed by atoms with van der Waals surface area (Å²) in [5.41, 5.74) is -4.77. The Morgan fingerprint density at radius 2 is 0.669 bits per heavy atom. The van der Waals surface area contributed by atoms with Crippen LogP contribution >= 0.6 is 47.0 Å². The van der Waals surface area contributed by atoms with E-state index in [4.69, 9.17) is 31.9 Å². The van der Waals surface area contributed by atoms with Gasteiger partial charge in [0.2, 0.25) is 0 Å². The highest BCUT2D eigenvalue weighted by Gasteiger charge is 2.35. The summed E-state index contributed by atoms with van der Waals surface area (Å²) in [5.74, 6) is -3.73. The van der Waals surface area contributed by atoms with Crippen LogP contribution in [-0.2, 0) is 32.0 Å². The number of nitrogens with zero attached hydrogens (tertiary/aromatic N) is 4. The average Bonchev–Trinajstić information content (AvgIpc) is 0.741. The summed E-state index contributed by atoms with van der Waals surface area (Å²) < 4.78 is 192. The van der Waals surface area contributed by atoms with E-state index >= 15 is 0 Å². The summed E-state index contributed by atoms with van der Waals surface area (Å²) in [6, 6.07) is 69.0. The lowest BCUT2D eigenvalue weighted by molar-refractivity contribution is -0.138. The number of ether oxygens (including phenoxy) is 3. The molecule has 0 unspecified atom stereocenters. The topological polar surface area (TPSA) is 317 Å². The molecule has 23 nitrogen and oxygen atoms in total. The highest BCUT2D eigenvalue weighted by Crippen LogP contribution is 2.46. The van der Waals surface area contributed by atoms with Gasteiger partial charge in [-0.2, -0.15) is 26.3 Å². The van der Waals surface area contributed by atoms with Crippen LogP contribution in [0.3, 0.4) is 0 Å². The molecule has 8 aromatic heterocycles. The van der Waals surface area contributed by atoms with Crippen LogP contribution in [0.25, 0.3) is 93.5 Å². The molecule has 0 amide bonds. The molecule has 0 saturated carbocycles. The molecule has 732 valence electrons. The fraction of sp³-hybridized carbons (Fsp3) is 0.0841. The van der Waals surface area contributed by atoms with Crippen molar-refractivity contribution in [2.45, 2.75) is 78.1 Å². The van der Waals surface area contributed by atoms with Gasteiger partial charge in [0.05, 0.1) is 74.3 Å². The predicted octanol–water partition coefficient (Wildman–Crippen LogP) is 23.6. The number of aromatic hydroxyl groups is 4. The lowest BCUT2D eigenvalue weighted by Crippen LogP contribution is -2.23. The van der Waals surface area contributed by atoms with Gasteiger partial charge in [0.1, 0.15) is 87.5 Å². The maximum Gasteiger partial charge on any atom is 0.416 e. The average molecular weight is 2050 g/mol. The van der Waals surface area contributed by atoms with Gasteiger partial charge in [0.25, 0.3) is 22.2 Å². The van der Waals surface area contributed by atoms with E-state index in [-0.39, 0.29) is 110 Å². The number of methoxy groups -OCH3 is 3. The van der Waals surface area contributed by atoms with Gasteiger partial charge in [-0.25, -0.2) is 41.1 Å². The fourth-order valence-corrected chi connectivity index (χ4v) is 19.5. The molecule has 0 radical (unpaired) electrons. The fourth-order valence-electron chi connectivity index (χ4n) is 16.0. The van der Waals surface area contributed by atoms with Crippen molar-refractivity contribution in [3.63, 3.8) is 0 Å². The number of para-hydroxylation sites is 1. The quantitative estimate of drug-likeness (QED) is 0.0432. The van der Waals surface area contributed by atoms with E-state index in [9.17, 15) is 107 Å². The zero-order valence-electron chi connectivity index (χ0n) is 75.2. The monoisotopic (exact) mass is 2050 g/mol. The standard InChI is InChI=1S/C28H18F3NO4S.C27H17F4NO5S.2C26H17F2NO5S/c1-16-22(17-9-4-2-5-10-17)32(19-12-6-3-7-13-19)26(34)21-23(33)25(27(35)36-24(16)21)37-20-14-8-11-18(15-20)28(29,30)31;1-36-16-9-10-18-20(12-16)32(13-14-5-2-3-8-19(14)28)25(34)21-22(33)24(26(35)37-23(18)21)38-17-7-4-6-15(11-17)27(29,30)31;1-33-17-8-9-19-20(12-17)29(13-14-4-2-5-15(27)10-14)25(31)21-22(30)24(26(32)34-23(19)21)35-18-7-3-6-16(28)11-18;1-33-16-8-11-18-20(12-16)29(13-14-4-2-3-5-19(14)28)25(31)21-22(30)24(26(32)34-23(18)21)35-17-9-6-15(27)7-10-17/h2-15,33H,1H3;2-12,33H,13H2,1H3;2*2-12,30H,13H2,1H3. The first-order valence-corrected chi connectivity index (χ1v) is 46.3. The first kappa shape index (κ1) is 99.8. The molecular weight excluding hydrogens is 1980 g/mol. The van der Waals surface area contributed by atoms with Crippen molar-refractivity contribution in [2.75, 3.05) is 21.3 Å². The Bertz CT molecular complexity index is 9100. The van der Waals surface area contributed by atoms with Crippen LogP contribution < -0.4 is 59.0 Å². The van der Waals surface area contributed by atoms with Crippen molar-refractivity contribution in [3.05, 3.63) is 431 Å². The van der Waals surface area contributed by atoms with Crippen LogP contribution in [-0.4, -0.2) is 60.0 Å². The molecule has 0 spiro atoms. The molecule has 0 aliphatic carbocycles. The zero-order chi connectivity index (χ0) is 103. The van der Waals surface area contributed by atoms with Crippen LogP contribution in [0.5, 0.6) is 40.2 Å². The summed E-state index contributed by atoms with van der Waals surface area (Å²) in [7, 11) is 4.36. The molecule has 0 bridgehead atoms. The molecule has 20 aromatic rings. The third-order valence-corrected chi connectivity index (χ3v) is 27.1. The van der Waals surface area contributed by atoms with Gasteiger partial charge in [-0.3, -0.25) is 23.7 Å². The predicted molar refractivity (Wildman–Crippen MR) is 526 cm³/mol. The smallest absolute Gasteiger partial charge is 0.416 e. The van der Waals surface area contributed by atoms with Gasteiger partial charge in [-0.05, 0) is 170 Å². The number of pyridine rings is 4. The highest BCUT2D eigenvalue weighted by molar-refractivity contribution is 8.00. The summed E-state index contributed by atoms with van der Waals surface area (Å²) >= 11 is 2.77. The maximum absolute atomic E-state index is 14.5. The second-order valence-electron chi connectivity index (χ2n) is 31.9. The summed E-state index contributed by atoms with van der Waals surface area (Å²) in [6.45, 7) is 1.30. The molecule has 0 saturated heterocycles. The highest BCUT2D eigenvalue weighted by atomic mass is 32.2. The van der Waals surface area contributed by atoms with E-state index in [2.05, 4.69) is 0 Å². The van der Waals surface area contributed by atoms with Crippen molar-refractivity contribution in [2.24, 2.45) is 0 Å². The normalized spacial score (nSPS) is 11.5. The van der Waals surface area contributed by atoms with Crippen molar-refractivity contribution < 1.29 is 101 Å². The van der Waals surface area contributed by atoms with Gasteiger partial charge in [0, 0.05) is 76.3 Å². The largest absolute Gasteiger partial charge is 0.505 e. The molecule has 145 heavy (non-hydrogen) atoms. The number of benzene rings is 12. The molecule has 0 aliphatic heterocycles. The van der Waals surface area contributed by atoms with Crippen molar-refractivity contribution >= 4 is 124 Å². The number of hydrogen-bond acceptors (Lipinski definition) is 23. The summed E-state index contributed by atoms with van der Waals surface area (Å²) in [5, 5.41) is 44.3. The lowest BCUT2D eigenvalue weighted by atomic mass is 10.0. The van der Waals surface area contributed by atoms with Crippen LogP contribution in [0.15, 0.2) is 380 Å². The lowest BCUT2D eigenvalue weighted by Gasteiger charge is -2.18. The van der Waals surface area contributed by atoms with Crippen LogP contribution in [0.1, 0.15) is 33.4 Å². The van der Waals surface area contributed by atoms with E-state index in [1.807, 2.05) is 18.2 Å². The number of hydrogen-bond donors (Lipinski definition) is 4.